The highest BCUT2D eigenvalue weighted by molar-refractivity contribution is 6.05. The van der Waals surface area contributed by atoms with Crippen LogP contribution in [0.1, 0.15) is 44.5 Å². The van der Waals surface area contributed by atoms with Crippen molar-refractivity contribution in [3.63, 3.8) is 0 Å². The summed E-state index contributed by atoms with van der Waals surface area (Å²) in [4.78, 5) is 33.9. The minimum Gasteiger partial charge on any atom is -0.462 e. The fourth-order valence-electron chi connectivity index (χ4n) is 3.64. The average Bonchev–Trinajstić information content (AvgIpc) is 2.91. The number of carbonyl (C=O) groups excluding carboxylic acids is 2. The van der Waals surface area contributed by atoms with Crippen LogP contribution in [0.2, 0.25) is 0 Å². The van der Waals surface area contributed by atoms with Gasteiger partial charge in [-0.25, -0.2) is 4.79 Å². The molecule has 150 valence electrons. The van der Waals surface area contributed by atoms with Crippen LogP contribution in [0.5, 0.6) is 0 Å². The second kappa shape index (κ2) is 8.17. The van der Waals surface area contributed by atoms with Gasteiger partial charge < -0.3 is 14.5 Å². The molecule has 1 saturated heterocycles. The van der Waals surface area contributed by atoms with E-state index in [9.17, 15) is 9.59 Å². The van der Waals surface area contributed by atoms with E-state index in [1.165, 1.54) is 0 Å². The minimum atomic E-state index is -0.394. The van der Waals surface area contributed by atoms with Crippen molar-refractivity contribution in [2.75, 3.05) is 37.7 Å². The van der Waals surface area contributed by atoms with Gasteiger partial charge in [0, 0.05) is 43.2 Å². The number of ether oxygens (including phenoxy) is 1. The van der Waals surface area contributed by atoms with E-state index in [4.69, 9.17) is 4.74 Å². The number of benzene rings is 1. The van der Waals surface area contributed by atoms with Crippen molar-refractivity contribution >= 4 is 28.5 Å². The van der Waals surface area contributed by atoms with E-state index < -0.39 is 5.41 Å². The molecule has 1 fully saturated rings. The summed E-state index contributed by atoms with van der Waals surface area (Å²) in [5, 5.41) is 0.934. The van der Waals surface area contributed by atoms with Crippen LogP contribution in [0.3, 0.4) is 0 Å². The number of fused-ring (bicyclic) bond motifs is 1. The Balaban J connectivity index is 1.97. The second-order valence-electron chi connectivity index (χ2n) is 8.14. The largest absolute Gasteiger partial charge is 0.462 e. The van der Waals surface area contributed by atoms with Crippen molar-refractivity contribution in [2.24, 2.45) is 5.41 Å². The van der Waals surface area contributed by atoms with Gasteiger partial charge in [0.25, 0.3) is 0 Å². The summed E-state index contributed by atoms with van der Waals surface area (Å²) in [7, 11) is 0. The lowest BCUT2D eigenvalue weighted by atomic mass is 9.94. The molecular formula is C22H29N3O3. The Hall–Kier alpha value is -2.63. The maximum absolute atomic E-state index is 12.7. The molecule has 6 heteroatoms. The zero-order valence-electron chi connectivity index (χ0n) is 17.2. The van der Waals surface area contributed by atoms with Gasteiger partial charge in [-0.3, -0.25) is 9.78 Å². The van der Waals surface area contributed by atoms with E-state index in [2.05, 4.69) is 9.88 Å². The Bertz CT molecular complexity index is 873. The van der Waals surface area contributed by atoms with Crippen molar-refractivity contribution in [1.82, 2.24) is 9.88 Å². The molecule has 1 aromatic carbocycles. The first-order valence-corrected chi connectivity index (χ1v) is 9.92. The predicted molar refractivity (Wildman–Crippen MR) is 111 cm³/mol. The number of para-hydroxylation sites is 1. The molecular weight excluding hydrogens is 354 g/mol. The molecule has 0 aliphatic carbocycles. The number of anilines is 1. The number of carbonyl (C=O) groups is 2. The number of nitrogens with zero attached hydrogens (tertiary/aromatic N) is 3. The smallest absolute Gasteiger partial charge is 0.341 e. The second-order valence-corrected chi connectivity index (χ2v) is 8.14. The standard InChI is InChI=1S/C22H29N3O3/c1-5-28-20(26)17-15-23-18-10-7-6-9-16(18)19(17)24-11-8-12-25(14-13-24)21(27)22(2,3)4/h6-7,9-10,15H,5,8,11-14H2,1-4H3. The van der Waals surface area contributed by atoms with Crippen LogP contribution in [0, 0.1) is 5.41 Å². The highest BCUT2D eigenvalue weighted by Gasteiger charge is 2.30. The Kier molecular flexibility index (Phi) is 5.87. The lowest BCUT2D eigenvalue weighted by Gasteiger charge is -2.29. The summed E-state index contributed by atoms with van der Waals surface area (Å²) >= 11 is 0. The number of amides is 1. The van der Waals surface area contributed by atoms with Gasteiger partial charge in [-0.05, 0) is 19.4 Å². The van der Waals surface area contributed by atoms with Gasteiger partial charge in [-0.2, -0.15) is 0 Å². The van der Waals surface area contributed by atoms with Gasteiger partial charge in [-0.1, -0.05) is 39.0 Å². The van der Waals surface area contributed by atoms with E-state index in [-0.39, 0.29) is 11.9 Å². The van der Waals surface area contributed by atoms with Crippen molar-refractivity contribution in [2.45, 2.75) is 34.1 Å². The topological polar surface area (TPSA) is 62.7 Å². The summed E-state index contributed by atoms with van der Waals surface area (Å²) in [6.07, 6.45) is 2.46. The summed E-state index contributed by atoms with van der Waals surface area (Å²) in [5.41, 5.74) is 1.79. The highest BCUT2D eigenvalue weighted by Crippen LogP contribution is 2.31. The number of hydrogen-bond acceptors (Lipinski definition) is 5. The van der Waals surface area contributed by atoms with Gasteiger partial charge in [-0.15, -0.1) is 0 Å². The van der Waals surface area contributed by atoms with Crippen LogP contribution < -0.4 is 4.90 Å². The Morgan fingerprint density at radius 2 is 1.86 bits per heavy atom. The third kappa shape index (κ3) is 4.11. The lowest BCUT2D eigenvalue weighted by molar-refractivity contribution is -0.139. The maximum Gasteiger partial charge on any atom is 0.341 e. The maximum atomic E-state index is 12.7. The third-order valence-corrected chi connectivity index (χ3v) is 4.98. The summed E-state index contributed by atoms with van der Waals surface area (Å²) in [6, 6.07) is 7.83. The van der Waals surface area contributed by atoms with Gasteiger partial charge in [0.05, 0.1) is 17.8 Å². The van der Waals surface area contributed by atoms with Crippen LogP contribution in [-0.4, -0.2) is 54.5 Å². The molecule has 3 rings (SSSR count). The molecule has 0 spiro atoms. The van der Waals surface area contributed by atoms with Crippen LogP contribution in [0.4, 0.5) is 5.69 Å². The number of pyridine rings is 1. The Labute approximate surface area is 166 Å². The highest BCUT2D eigenvalue weighted by atomic mass is 16.5. The number of hydrogen-bond donors (Lipinski definition) is 0. The first-order valence-electron chi connectivity index (χ1n) is 9.92. The van der Waals surface area contributed by atoms with Crippen molar-refractivity contribution < 1.29 is 14.3 Å². The third-order valence-electron chi connectivity index (χ3n) is 4.98. The van der Waals surface area contributed by atoms with E-state index >= 15 is 0 Å². The van der Waals surface area contributed by atoms with Crippen LogP contribution in [0.25, 0.3) is 10.9 Å². The number of esters is 1. The van der Waals surface area contributed by atoms with Crippen molar-refractivity contribution in [3.8, 4) is 0 Å². The molecule has 1 aromatic heterocycles. The van der Waals surface area contributed by atoms with Crippen molar-refractivity contribution in [1.29, 1.82) is 0 Å². The zero-order chi connectivity index (χ0) is 20.3. The quantitative estimate of drug-likeness (QED) is 0.759. The fourth-order valence-corrected chi connectivity index (χ4v) is 3.64. The molecule has 2 heterocycles. The molecule has 2 aromatic rings. The Morgan fingerprint density at radius 1 is 1.11 bits per heavy atom. The van der Waals surface area contributed by atoms with Gasteiger partial charge in [0.2, 0.25) is 5.91 Å². The first kappa shape index (κ1) is 20.1. The lowest BCUT2D eigenvalue weighted by Crippen LogP contribution is -2.41. The molecule has 0 radical (unpaired) electrons. The van der Waals surface area contributed by atoms with E-state index in [0.717, 1.165) is 36.1 Å². The van der Waals surface area contributed by atoms with E-state index in [1.807, 2.05) is 49.9 Å². The monoisotopic (exact) mass is 383 g/mol. The van der Waals surface area contributed by atoms with Crippen LogP contribution in [-0.2, 0) is 9.53 Å². The molecule has 0 saturated carbocycles. The number of aromatic nitrogens is 1. The molecule has 1 amide bonds. The fraction of sp³-hybridized carbons (Fsp3) is 0.500. The normalized spacial score (nSPS) is 15.4. The van der Waals surface area contributed by atoms with E-state index in [1.54, 1.807) is 13.1 Å². The predicted octanol–water partition coefficient (Wildman–Crippen LogP) is 3.50. The first-order chi connectivity index (χ1) is 13.3. The molecule has 6 nitrogen and oxygen atoms in total. The van der Waals surface area contributed by atoms with Gasteiger partial charge in [0.15, 0.2) is 0 Å². The van der Waals surface area contributed by atoms with Crippen molar-refractivity contribution in [3.05, 3.63) is 36.0 Å². The molecule has 0 unspecified atom stereocenters. The Morgan fingerprint density at radius 3 is 2.57 bits per heavy atom. The van der Waals surface area contributed by atoms with Crippen LogP contribution in [0.15, 0.2) is 30.5 Å². The van der Waals surface area contributed by atoms with E-state index in [0.29, 0.717) is 25.3 Å². The van der Waals surface area contributed by atoms with Crippen LogP contribution >= 0.6 is 0 Å². The number of rotatable bonds is 3. The molecule has 1 aliphatic rings. The summed E-state index contributed by atoms with van der Waals surface area (Å²) in [6.45, 7) is 10.8. The molecule has 0 N–H and O–H groups in total. The van der Waals surface area contributed by atoms with Gasteiger partial charge >= 0.3 is 5.97 Å². The molecule has 28 heavy (non-hydrogen) atoms. The summed E-state index contributed by atoms with van der Waals surface area (Å²) < 4.78 is 5.27. The van der Waals surface area contributed by atoms with Gasteiger partial charge in [0.1, 0.15) is 5.56 Å². The minimum absolute atomic E-state index is 0.166. The molecule has 0 atom stereocenters. The molecule has 0 bridgehead atoms. The average molecular weight is 383 g/mol. The SMILES string of the molecule is CCOC(=O)c1cnc2ccccc2c1N1CCCN(C(=O)C(C)(C)C)CC1. The summed E-state index contributed by atoms with van der Waals surface area (Å²) in [5.74, 6) is -0.192. The zero-order valence-corrected chi connectivity index (χ0v) is 17.2. The molecule has 1 aliphatic heterocycles.